The lowest BCUT2D eigenvalue weighted by Gasteiger charge is -2.03. The van der Waals surface area contributed by atoms with Crippen molar-refractivity contribution in [2.24, 2.45) is 5.73 Å². The van der Waals surface area contributed by atoms with E-state index in [-0.39, 0.29) is 5.78 Å². The fraction of sp³-hybridized carbons (Fsp3) is 0.188. The summed E-state index contributed by atoms with van der Waals surface area (Å²) in [5, 5.41) is 0. The number of hydrogen-bond acceptors (Lipinski definition) is 2. The maximum atomic E-state index is 12.0. The van der Waals surface area contributed by atoms with Gasteiger partial charge in [-0.15, -0.1) is 0 Å². The molecule has 0 aliphatic heterocycles. The molecule has 2 nitrogen and oxygen atoms in total. The standard InChI is InChI=1S/C16H17NO/c17-12-14-6-9-15(10-7-14)16(18)11-8-13-4-2-1-3-5-13/h1-7,9-10H,8,11-12,17H2. The van der Waals surface area contributed by atoms with E-state index in [1.54, 1.807) is 0 Å². The summed E-state index contributed by atoms with van der Waals surface area (Å²) in [6, 6.07) is 17.6. The minimum Gasteiger partial charge on any atom is -0.326 e. The van der Waals surface area contributed by atoms with Crippen molar-refractivity contribution in [1.82, 2.24) is 0 Å². The molecule has 0 atom stereocenters. The number of rotatable bonds is 5. The van der Waals surface area contributed by atoms with Crippen molar-refractivity contribution in [1.29, 1.82) is 0 Å². The molecule has 2 aromatic carbocycles. The highest BCUT2D eigenvalue weighted by Crippen LogP contribution is 2.09. The molecule has 92 valence electrons. The van der Waals surface area contributed by atoms with Gasteiger partial charge in [0.15, 0.2) is 5.78 Å². The van der Waals surface area contributed by atoms with E-state index in [9.17, 15) is 4.79 Å². The quantitative estimate of drug-likeness (QED) is 0.815. The molecule has 0 unspecified atom stereocenters. The molecule has 0 saturated heterocycles. The summed E-state index contributed by atoms with van der Waals surface area (Å²) in [5.74, 6) is 0.183. The van der Waals surface area contributed by atoms with Crippen molar-refractivity contribution < 1.29 is 4.79 Å². The maximum Gasteiger partial charge on any atom is 0.163 e. The fourth-order valence-electron chi connectivity index (χ4n) is 1.87. The molecule has 2 N–H and O–H groups in total. The zero-order chi connectivity index (χ0) is 12.8. The summed E-state index contributed by atoms with van der Waals surface area (Å²) in [6.07, 6.45) is 1.34. The topological polar surface area (TPSA) is 43.1 Å². The Labute approximate surface area is 107 Å². The number of carbonyl (C=O) groups excluding carboxylic acids is 1. The summed E-state index contributed by atoms with van der Waals surface area (Å²) < 4.78 is 0. The fourth-order valence-corrected chi connectivity index (χ4v) is 1.87. The number of hydrogen-bond donors (Lipinski definition) is 1. The van der Waals surface area contributed by atoms with Crippen molar-refractivity contribution in [3.05, 3.63) is 71.3 Å². The van der Waals surface area contributed by atoms with Gasteiger partial charge in [-0.25, -0.2) is 0 Å². The summed E-state index contributed by atoms with van der Waals surface area (Å²) >= 11 is 0. The molecule has 0 saturated carbocycles. The van der Waals surface area contributed by atoms with Crippen LogP contribution in [0.2, 0.25) is 0 Å². The van der Waals surface area contributed by atoms with Crippen LogP contribution in [0.25, 0.3) is 0 Å². The highest BCUT2D eigenvalue weighted by atomic mass is 16.1. The smallest absolute Gasteiger partial charge is 0.163 e. The zero-order valence-electron chi connectivity index (χ0n) is 10.3. The summed E-state index contributed by atoms with van der Waals surface area (Å²) in [6.45, 7) is 0.512. The van der Waals surface area contributed by atoms with Crippen molar-refractivity contribution >= 4 is 5.78 Å². The largest absolute Gasteiger partial charge is 0.326 e. The molecular weight excluding hydrogens is 222 g/mol. The molecule has 2 heteroatoms. The van der Waals surface area contributed by atoms with Gasteiger partial charge in [-0.05, 0) is 17.5 Å². The number of carbonyl (C=O) groups is 1. The van der Waals surface area contributed by atoms with E-state index >= 15 is 0 Å². The van der Waals surface area contributed by atoms with Crippen LogP contribution in [0.15, 0.2) is 54.6 Å². The first-order valence-electron chi connectivity index (χ1n) is 6.16. The average molecular weight is 239 g/mol. The van der Waals surface area contributed by atoms with Crippen molar-refractivity contribution in [3.8, 4) is 0 Å². The van der Waals surface area contributed by atoms with Crippen LogP contribution in [0.3, 0.4) is 0 Å². The minimum absolute atomic E-state index is 0.183. The van der Waals surface area contributed by atoms with Gasteiger partial charge in [-0.1, -0.05) is 54.6 Å². The highest BCUT2D eigenvalue weighted by molar-refractivity contribution is 5.96. The number of aryl methyl sites for hydroxylation is 1. The number of Topliss-reactive ketones (excluding diaryl/α,β-unsaturated/α-hetero) is 1. The molecule has 0 bridgehead atoms. The second-order valence-corrected chi connectivity index (χ2v) is 4.31. The molecule has 0 heterocycles. The molecule has 0 amide bonds. The molecule has 18 heavy (non-hydrogen) atoms. The Morgan fingerprint density at radius 3 is 2.17 bits per heavy atom. The van der Waals surface area contributed by atoms with Crippen LogP contribution in [-0.2, 0) is 13.0 Å². The van der Waals surface area contributed by atoms with Gasteiger partial charge in [0.05, 0.1) is 0 Å². The average Bonchev–Trinajstić information content (AvgIpc) is 2.46. The Balaban J connectivity index is 1.95. The normalized spacial score (nSPS) is 10.3. The molecular formula is C16H17NO. The molecule has 2 aromatic rings. The van der Waals surface area contributed by atoms with Gasteiger partial charge in [0.25, 0.3) is 0 Å². The molecule has 0 aliphatic rings. The van der Waals surface area contributed by atoms with Gasteiger partial charge < -0.3 is 5.73 Å². The van der Waals surface area contributed by atoms with Gasteiger partial charge in [0.2, 0.25) is 0 Å². The summed E-state index contributed by atoms with van der Waals surface area (Å²) in [7, 11) is 0. The Kier molecular flexibility index (Phi) is 4.26. The van der Waals surface area contributed by atoms with Gasteiger partial charge in [0, 0.05) is 18.5 Å². The second kappa shape index (κ2) is 6.12. The third-order valence-corrected chi connectivity index (χ3v) is 3.00. The lowest BCUT2D eigenvalue weighted by Crippen LogP contribution is -2.02. The first-order valence-corrected chi connectivity index (χ1v) is 6.16. The number of nitrogens with two attached hydrogens (primary N) is 1. The van der Waals surface area contributed by atoms with Crippen LogP contribution in [0.5, 0.6) is 0 Å². The third-order valence-electron chi connectivity index (χ3n) is 3.00. The predicted octanol–water partition coefficient (Wildman–Crippen LogP) is 2.96. The molecule has 0 aliphatic carbocycles. The van der Waals surface area contributed by atoms with E-state index < -0.39 is 0 Å². The molecule has 0 fully saturated rings. The Morgan fingerprint density at radius 1 is 0.889 bits per heavy atom. The Hall–Kier alpha value is -1.93. The van der Waals surface area contributed by atoms with E-state index in [1.807, 2.05) is 54.6 Å². The van der Waals surface area contributed by atoms with Crippen molar-refractivity contribution in [2.75, 3.05) is 0 Å². The van der Waals surface area contributed by atoms with E-state index in [2.05, 4.69) is 0 Å². The maximum absolute atomic E-state index is 12.0. The summed E-state index contributed by atoms with van der Waals surface area (Å²) in [4.78, 5) is 12.0. The van der Waals surface area contributed by atoms with Crippen molar-refractivity contribution in [2.45, 2.75) is 19.4 Å². The molecule has 0 spiro atoms. The lowest BCUT2D eigenvalue weighted by molar-refractivity contribution is 0.0983. The van der Waals surface area contributed by atoms with E-state index in [1.165, 1.54) is 5.56 Å². The Bertz CT molecular complexity index is 502. The highest BCUT2D eigenvalue weighted by Gasteiger charge is 2.05. The Morgan fingerprint density at radius 2 is 1.56 bits per heavy atom. The van der Waals surface area contributed by atoms with Crippen LogP contribution >= 0.6 is 0 Å². The zero-order valence-corrected chi connectivity index (χ0v) is 10.3. The van der Waals surface area contributed by atoms with E-state index in [0.29, 0.717) is 13.0 Å². The van der Waals surface area contributed by atoms with Crippen LogP contribution in [0.1, 0.15) is 27.9 Å². The first-order chi connectivity index (χ1) is 8.79. The van der Waals surface area contributed by atoms with Gasteiger partial charge in [-0.3, -0.25) is 4.79 Å². The SMILES string of the molecule is NCc1ccc(C(=O)CCc2ccccc2)cc1. The van der Waals surface area contributed by atoms with E-state index in [0.717, 1.165) is 17.5 Å². The number of benzene rings is 2. The first kappa shape index (κ1) is 12.5. The third kappa shape index (κ3) is 3.28. The predicted molar refractivity (Wildman–Crippen MR) is 73.4 cm³/mol. The van der Waals surface area contributed by atoms with Crippen LogP contribution < -0.4 is 5.73 Å². The van der Waals surface area contributed by atoms with Crippen LogP contribution in [0, 0.1) is 0 Å². The van der Waals surface area contributed by atoms with Crippen molar-refractivity contribution in [3.63, 3.8) is 0 Å². The lowest BCUT2D eigenvalue weighted by atomic mass is 10.0. The monoisotopic (exact) mass is 239 g/mol. The summed E-state index contributed by atoms with van der Waals surface area (Å²) in [5.41, 5.74) is 8.54. The minimum atomic E-state index is 0.183. The van der Waals surface area contributed by atoms with Crippen LogP contribution in [-0.4, -0.2) is 5.78 Å². The second-order valence-electron chi connectivity index (χ2n) is 4.31. The molecule has 2 rings (SSSR count). The molecule has 0 radical (unpaired) electrons. The molecule has 0 aromatic heterocycles. The number of ketones is 1. The van der Waals surface area contributed by atoms with Gasteiger partial charge >= 0.3 is 0 Å². The van der Waals surface area contributed by atoms with Gasteiger partial charge in [-0.2, -0.15) is 0 Å². The van der Waals surface area contributed by atoms with Crippen LogP contribution in [0.4, 0.5) is 0 Å². The van der Waals surface area contributed by atoms with E-state index in [4.69, 9.17) is 5.73 Å². The van der Waals surface area contributed by atoms with Gasteiger partial charge in [0.1, 0.15) is 0 Å².